The topological polar surface area (TPSA) is 49.8 Å². The highest BCUT2D eigenvalue weighted by Gasteiger charge is 2.20. The number of hydrogen-bond acceptors (Lipinski definition) is 3. The molecule has 0 bridgehead atoms. The van der Waals surface area contributed by atoms with Crippen molar-refractivity contribution in [2.75, 3.05) is 5.73 Å². The standard InChI is InChI=1S/C13H13FN2S/c1-6(2)10-9(14)4-7(3)12-11(10)8(5-15)13(16)17-12/h4,6H,16H2,1-3H3. The summed E-state index contributed by atoms with van der Waals surface area (Å²) in [5.41, 5.74) is 7.66. The molecule has 1 heterocycles. The van der Waals surface area contributed by atoms with Gasteiger partial charge in [-0.2, -0.15) is 5.26 Å². The van der Waals surface area contributed by atoms with Crippen LogP contribution in [0.2, 0.25) is 0 Å². The maximum Gasteiger partial charge on any atom is 0.127 e. The van der Waals surface area contributed by atoms with Crippen LogP contribution in [-0.2, 0) is 0 Å². The van der Waals surface area contributed by atoms with Crippen molar-refractivity contribution in [2.45, 2.75) is 26.7 Å². The summed E-state index contributed by atoms with van der Waals surface area (Å²) in [5, 5.41) is 10.3. The third-order valence-corrected chi connectivity index (χ3v) is 4.01. The van der Waals surface area contributed by atoms with Crippen LogP contribution in [-0.4, -0.2) is 0 Å². The first-order valence-corrected chi connectivity index (χ1v) is 6.20. The molecule has 0 aliphatic rings. The van der Waals surface area contributed by atoms with Crippen molar-refractivity contribution in [3.63, 3.8) is 0 Å². The minimum absolute atomic E-state index is 0.0270. The summed E-state index contributed by atoms with van der Waals surface area (Å²) < 4.78 is 14.9. The summed E-state index contributed by atoms with van der Waals surface area (Å²) in [4.78, 5) is 0. The van der Waals surface area contributed by atoms with Crippen molar-refractivity contribution >= 4 is 26.4 Å². The van der Waals surface area contributed by atoms with Crippen molar-refractivity contribution in [2.24, 2.45) is 0 Å². The number of anilines is 1. The fourth-order valence-electron chi connectivity index (χ4n) is 2.11. The van der Waals surface area contributed by atoms with E-state index in [-0.39, 0.29) is 11.7 Å². The molecule has 2 aromatic rings. The lowest BCUT2D eigenvalue weighted by Gasteiger charge is -2.10. The third-order valence-electron chi connectivity index (χ3n) is 2.85. The molecular formula is C13H13FN2S. The van der Waals surface area contributed by atoms with Crippen LogP contribution in [0.4, 0.5) is 9.39 Å². The molecule has 2 nitrogen and oxygen atoms in total. The quantitative estimate of drug-likeness (QED) is 0.831. The first-order chi connectivity index (χ1) is 7.97. The second kappa shape index (κ2) is 4.01. The second-order valence-corrected chi connectivity index (χ2v) is 5.45. The zero-order chi connectivity index (χ0) is 12.7. The minimum Gasteiger partial charge on any atom is -0.389 e. The molecule has 17 heavy (non-hydrogen) atoms. The second-order valence-electron chi connectivity index (χ2n) is 4.40. The van der Waals surface area contributed by atoms with E-state index in [2.05, 4.69) is 6.07 Å². The highest BCUT2D eigenvalue weighted by atomic mass is 32.1. The molecule has 0 atom stereocenters. The Balaban J connectivity index is 3.03. The van der Waals surface area contributed by atoms with Crippen LogP contribution in [0.3, 0.4) is 0 Å². The number of benzene rings is 1. The summed E-state index contributed by atoms with van der Waals surface area (Å²) in [6.45, 7) is 5.68. The van der Waals surface area contributed by atoms with Gasteiger partial charge in [-0.3, -0.25) is 0 Å². The van der Waals surface area contributed by atoms with Gasteiger partial charge in [-0.1, -0.05) is 13.8 Å². The Hall–Kier alpha value is -1.60. The van der Waals surface area contributed by atoms with Crippen LogP contribution in [0.5, 0.6) is 0 Å². The van der Waals surface area contributed by atoms with E-state index in [0.29, 0.717) is 21.5 Å². The van der Waals surface area contributed by atoms with Gasteiger partial charge in [0, 0.05) is 15.6 Å². The molecule has 88 valence electrons. The maximum absolute atomic E-state index is 14.0. The normalized spacial score (nSPS) is 11.1. The number of nitrogens with zero attached hydrogens (tertiary/aromatic N) is 1. The first kappa shape index (κ1) is 11.9. The Labute approximate surface area is 103 Å². The Morgan fingerprint density at radius 2 is 2.12 bits per heavy atom. The molecule has 0 saturated carbocycles. The van der Waals surface area contributed by atoms with Crippen LogP contribution >= 0.6 is 11.3 Å². The number of hydrogen-bond donors (Lipinski definition) is 1. The molecule has 4 heteroatoms. The van der Waals surface area contributed by atoms with Gasteiger partial charge in [0.1, 0.15) is 16.9 Å². The molecule has 2 rings (SSSR count). The molecule has 0 fully saturated rings. The minimum atomic E-state index is -0.251. The van der Waals surface area contributed by atoms with Gasteiger partial charge in [-0.15, -0.1) is 11.3 Å². The van der Waals surface area contributed by atoms with Crippen molar-refractivity contribution in [1.82, 2.24) is 0 Å². The van der Waals surface area contributed by atoms with Crippen molar-refractivity contribution in [1.29, 1.82) is 5.26 Å². The van der Waals surface area contributed by atoms with Crippen LogP contribution < -0.4 is 5.73 Å². The van der Waals surface area contributed by atoms with Gasteiger partial charge in [0.15, 0.2) is 0 Å². The van der Waals surface area contributed by atoms with E-state index < -0.39 is 0 Å². The number of aryl methyl sites for hydroxylation is 1. The lowest BCUT2D eigenvalue weighted by atomic mass is 9.95. The summed E-state index contributed by atoms with van der Waals surface area (Å²) in [7, 11) is 0. The van der Waals surface area contributed by atoms with Crippen LogP contribution in [0.1, 0.15) is 36.5 Å². The largest absolute Gasteiger partial charge is 0.389 e. The average molecular weight is 248 g/mol. The zero-order valence-corrected chi connectivity index (χ0v) is 10.8. The van der Waals surface area contributed by atoms with Gasteiger partial charge < -0.3 is 5.73 Å². The van der Waals surface area contributed by atoms with Gasteiger partial charge in [-0.05, 0) is 24.5 Å². The zero-order valence-electron chi connectivity index (χ0n) is 9.97. The summed E-state index contributed by atoms with van der Waals surface area (Å²) in [6.07, 6.45) is 0. The number of nitrogen functional groups attached to an aromatic ring is 1. The lowest BCUT2D eigenvalue weighted by Crippen LogP contribution is -1.96. The summed E-state index contributed by atoms with van der Waals surface area (Å²) in [5.74, 6) is -0.224. The first-order valence-electron chi connectivity index (χ1n) is 5.38. The molecule has 1 aromatic carbocycles. The van der Waals surface area contributed by atoms with Crippen molar-refractivity contribution in [3.05, 3.63) is 28.6 Å². The van der Waals surface area contributed by atoms with Gasteiger partial charge in [0.2, 0.25) is 0 Å². The van der Waals surface area contributed by atoms with E-state index >= 15 is 0 Å². The molecule has 0 amide bonds. The van der Waals surface area contributed by atoms with Crippen LogP contribution in [0.25, 0.3) is 10.1 Å². The molecule has 0 aliphatic carbocycles. The fourth-order valence-corrected chi connectivity index (χ4v) is 3.12. The number of thiophene rings is 1. The number of rotatable bonds is 1. The number of nitrogens with two attached hydrogens (primary N) is 1. The van der Waals surface area contributed by atoms with Gasteiger partial charge in [-0.25, -0.2) is 4.39 Å². The van der Waals surface area contributed by atoms with E-state index in [1.165, 1.54) is 17.4 Å². The van der Waals surface area contributed by atoms with Gasteiger partial charge in [0.05, 0.1) is 5.56 Å². The molecule has 0 radical (unpaired) electrons. The van der Waals surface area contributed by atoms with Crippen molar-refractivity contribution in [3.8, 4) is 6.07 Å². The summed E-state index contributed by atoms with van der Waals surface area (Å²) >= 11 is 1.36. The average Bonchev–Trinajstić information content (AvgIpc) is 2.54. The van der Waals surface area contributed by atoms with Gasteiger partial charge in [0.25, 0.3) is 0 Å². The molecular weight excluding hydrogens is 235 g/mol. The highest BCUT2D eigenvalue weighted by molar-refractivity contribution is 7.23. The van der Waals surface area contributed by atoms with E-state index in [1.807, 2.05) is 20.8 Å². The number of nitriles is 1. The third kappa shape index (κ3) is 1.67. The fraction of sp³-hybridized carbons (Fsp3) is 0.308. The predicted octanol–water partition coefficient (Wildman–Crippen LogP) is 3.93. The van der Waals surface area contributed by atoms with E-state index in [1.54, 1.807) is 0 Å². The van der Waals surface area contributed by atoms with E-state index in [4.69, 9.17) is 11.0 Å². The Morgan fingerprint density at radius 3 is 2.65 bits per heavy atom. The number of fused-ring (bicyclic) bond motifs is 1. The maximum atomic E-state index is 14.0. The van der Waals surface area contributed by atoms with E-state index in [0.717, 1.165) is 10.3 Å². The lowest BCUT2D eigenvalue weighted by molar-refractivity contribution is 0.601. The molecule has 1 aromatic heterocycles. The molecule has 0 aliphatic heterocycles. The highest BCUT2D eigenvalue weighted by Crippen LogP contribution is 2.40. The Kier molecular flexibility index (Phi) is 2.80. The monoisotopic (exact) mass is 248 g/mol. The Bertz CT molecular complexity index is 635. The SMILES string of the molecule is Cc1cc(F)c(C(C)C)c2c(C#N)c(N)sc12. The van der Waals surface area contributed by atoms with Gasteiger partial charge >= 0.3 is 0 Å². The van der Waals surface area contributed by atoms with E-state index in [9.17, 15) is 4.39 Å². The number of halogens is 1. The molecule has 0 spiro atoms. The molecule has 0 unspecified atom stereocenters. The Morgan fingerprint density at radius 1 is 1.47 bits per heavy atom. The van der Waals surface area contributed by atoms with Crippen molar-refractivity contribution < 1.29 is 4.39 Å². The smallest absolute Gasteiger partial charge is 0.127 e. The summed E-state index contributed by atoms with van der Waals surface area (Å²) in [6, 6.07) is 3.61. The molecule has 2 N–H and O–H groups in total. The van der Waals surface area contributed by atoms with Crippen LogP contribution in [0.15, 0.2) is 6.07 Å². The molecule has 0 saturated heterocycles. The van der Waals surface area contributed by atoms with Crippen LogP contribution in [0, 0.1) is 24.1 Å². The predicted molar refractivity (Wildman–Crippen MR) is 69.7 cm³/mol.